The van der Waals surface area contributed by atoms with Crippen molar-refractivity contribution in [3.05, 3.63) is 76.9 Å². The molecule has 2 aliphatic heterocycles. The van der Waals surface area contributed by atoms with Crippen LogP contribution < -0.4 is 0 Å². The second kappa shape index (κ2) is 8.25. The van der Waals surface area contributed by atoms with Crippen LogP contribution in [0, 0.1) is 6.92 Å². The summed E-state index contributed by atoms with van der Waals surface area (Å²) in [5.41, 5.74) is 3.79. The van der Waals surface area contributed by atoms with Gasteiger partial charge in [-0.2, -0.15) is 0 Å². The van der Waals surface area contributed by atoms with E-state index in [4.69, 9.17) is 9.73 Å². The Balaban J connectivity index is 1.97. The Hall–Kier alpha value is -2.86. The summed E-state index contributed by atoms with van der Waals surface area (Å²) >= 11 is 1.55. The molecule has 0 aliphatic carbocycles. The maximum Gasteiger partial charge on any atom is 0.338 e. The molecule has 148 valence electrons. The molecule has 1 atom stereocenters. The molecule has 29 heavy (non-hydrogen) atoms. The molecule has 2 aromatic carbocycles. The van der Waals surface area contributed by atoms with E-state index >= 15 is 0 Å². The fourth-order valence-corrected chi connectivity index (χ4v) is 4.54. The van der Waals surface area contributed by atoms with Crippen molar-refractivity contribution in [3.63, 3.8) is 0 Å². The molecule has 5 nitrogen and oxygen atoms in total. The van der Waals surface area contributed by atoms with Gasteiger partial charge in [0.2, 0.25) is 5.91 Å². The van der Waals surface area contributed by atoms with Crippen LogP contribution in [0.25, 0.3) is 5.70 Å². The van der Waals surface area contributed by atoms with Crippen LogP contribution in [0.1, 0.15) is 36.1 Å². The van der Waals surface area contributed by atoms with Crippen molar-refractivity contribution >= 4 is 34.5 Å². The van der Waals surface area contributed by atoms with E-state index in [0.717, 1.165) is 16.7 Å². The van der Waals surface area contributed by atoms with Gasteiger partial charge in [0, 0.05) is 17.7 Å². The molecule has 0 radical (unpaired) electrons. The second-order valence-electron chi connectivity index (χ2n) is 6.92. The van der Waals surface area contributed by atoms with Gasteiger partial charge in [-0.1, -0.05) is 71.9 Å². The van der Waals surface area contributed by atoms with Crippen LogP contribution in [0.3, 0.4) is 0 Å². The third kappa shape index (κ3) is 3.72. The van der Waals surface area contributed by atoms with E-state index < -0.39 is 12.0 Å². The number of thioether (sulfide) groups is 1. The highest BCUT2D eigenvalue weighted by Crippen LogP contribution is 2.43. The van der Waals surface area contributed by atoms with E-state index in [1.165, 1.54) is 0 Å². The summed E-state index contributed by atoms with van der Waals surface area (Å²) in [4.78, 5) is 32.5. The van der Waals surface area contributed by atoms with E-state index in [0.29, 0.717) is 28.6 Å². The van der Waals surface area contributed by atoms with E-state index in [1.807, 2.05) is 61.5 Å². The summed E-state index contributed by atoms with van der Waals surface area (Å²) in [6.45, 7) is 4.04. The topological polar surface area (TPSA) is 59.0 Å². The van der Waals surface area contributed by atoms with Crippen molar-refractivity contribution in [2.75, 3.05) is 12.4 Å². The average Bonchev–Trinajstić information content (AvgIpc) is 2.74. The number of nitrogens with zero attached hydrogens (tertiary/aromatic N) is 2. The fraction of sp³-hybridized carbons (Fsp3) is 0.261. The lowest BCUT2D eigenvalue weighted by Crippen LogP contribution is -2.45. The molecule has 0 spiro atoms. The normalized spacial score (nSPS) is 19.0. The Labute approximate surface area is 174 Å². The number of esters is 1. The molecular formula is C23H22N2O3S. The smallest absolute Gasteiger partial charge is 0.338 e. The molecule has 0 bridgehead atoms. The van der Waals surface area contributed by atoms with Gasteiger partial charge < -0.3 is 4.74 Å². The Morgan fingerprint density at radius 3 is 2.59 bits per heavy atom. The first kappa shape index (κ1) is 19.5. The standard InChI is InChI=1S/C23H22N2O3S/c1-3-28-22(27)19-20(16-7-5-4-6-8-16)24-23-25(18(26)13-14-29-23)21(19)17-11-9-15(2)10-12-17/h4-12,21H,3,13-14H2,1-2H3/t21-/m0/s1. The molecular weight excluding hydrogens is 384 g/mol. The number of carbonyl (C=O) groups excluding carboxylic acids is 2. The summed E-state index contributed by atoms with van der Waals surface area (Å²) in [5, 5.41) is 0.638. The molecule has 2 aliphatic rings. The number of aryl methyl sites for hydroxylation is 1. The predicted octanol–water partition coefficient (Wildman–Crippen LogP) is 4.35. The molecule has 1 saturated heterocycles. The number of benzene rings is 2. The van der Waals surface area contributed by atoms with Crippen molar-refractivity contribution in [2.24, 2.45) is 4.99 Å². The zero-order valence-electron chi connectivity index (χ0n) is 16.4. The molecule has 0 saturated carbocycles. The minimum atomic E-state index is -0.558. The number of rotatable bonds is 4. The Morgan fingerprint density at radius 1 is 1.17 bits per heavy atom. The summed E-state index contributed by atoms with van der Waals surface area (Å²) < 4.78 is 5.41. The van der Waals surface area contributed by atoms with E-state index in [1.54, 1.807) is 23.6 Å². The van der Waals surface area contributed by atoms with Crippen molar-refractivity contribution in [2.45, 2.75) is 26.3 Å². The zero-order valence-corrected chi connectivity index (χ0v) is 17.2. The van der Waals surface area contributed by atoms with Crippen molar-refractivity contribution in [3.8, 4) is 0 Å². The van der Waals surface area contributed by atoms with Gasteiger partial charge in [0.15, 0.2) is 5.17 Å². The first-order valence-electron chi connectivity index (χ1n) is 9.67. The van der Waals surface area contributed by atoms with Crippen molar-refractivity contribution in [1.29, 1.82) is 0 Å². The van der Waals surface area contributed by atoms with Crippen LogP contribution in [0.5, 0.6) is 0 Å². The predicted molar refractivity (Wildman–Crippen MR) is 115 cm³/mol. The minimum Gasteiger partial charge on any atom is -0.463 e. The maximum absolute atomic E-state index is 13.1. The molecule has 1 amide bonds. The fourth-order valence-electron chi connectivity index (χ4n) is 3.58. The highest BCUT2D eigenvalue weighted by atomic mass is 32.2. The summed E-state index contributed by atoms with van der Waals surface area (Å²) in [6.07, 6.45) is 0.419. The Kier molecular flexibility index (Phi) is 5.53. The van der Waals surface area contributed by atoms with Crippen LogP contribution in [-0.4, -0.2) is 34.3 Å². The molecule has 2 aromatic rings. The van der Waals surface area contributed by atoms with Gasteiger partial charge >= 0.3 is 5.97 Å². The second-order valence-corrected chi connectivity index (χ2v) is 7.98. The molecule has 1 fully saturated rings. The minimum absolute atomic E-state index is 0.0259. The number of aliphatic imine (C=N–C) groups is 1. The van der Waals surface area contributed by atoms with Gasteiger partial charge in [0.05, 0.1) is 23.9 Å². The van der Waals surface area contributed by atoms with E-state index in [2.05, 4.69) is 0 Å². The molecule has 0 N–H and O–H groups in total. The molecule has 6 heteroatoms. The van der Waals surface area contributed by atoms with Crippen LogP contribution in [0.4, 0.5) is 0 Å². The highest BCUT2D eigenvalue weighted by Gasteiger charge is 2.42. The highest BCUT2D eigenvalue weighted by molar-refractivity contribution is 8.14. The average molecular weight is 407 g/mol. The number of fused-ring (bicyclic) bond motifs is 1. The molecule has 4 rings (SSSR count). The third-order valence-electron chi connectivity index (χ3n) is 4.95. The summed E-state index contributed by atoms with van der Waals surface area (Å²) in [7, 11) is 0. The van der Waals surface area contributed by atoms with E-state index in [9.17, 15) is 9.59 Å². The van der Waals surface area contributed by atoms with Gasteiger partial charge in [-0.25, -0.2) is 9.79 Å². The third-order valence-corrected chi connectivity index (χ3v) is 5.91. The number of amides is 1. The molecule has 0 aromatic heterocycles. The largest absolute Gasteiger partial charge is 0.463 e. The van der Waals surface area contributed by atoms with Gasteiger partial charge in [-0.15, -0.1) is 0 Å². The first-order chi connectivity index (χ1) is 14.1. The van der Waals surface area contributed by atoms with Crippen LogP contribution in [0.15, 0.2) is 65.2 Å². The zero-order chi connectivity index (χ0) is 20.4. The monoisotopic (exact) mass is 406 g/mol. The number of carbonyl (C=O) groups is 2. The SMILES string of the molecule is CCOC(=O)C1=C(c2ccccc2)N=C2SCCC(=O)N2[C@H]1c1ccc(C)cc1. The first-order valence-corrected chi connectivity index (χ1v) is 10.7. The number of amidine groups is 1. The summed E-state index contributed by atoms with van der Waals surface area (Å²) in [6, 6.07) is 17.0. The number of ether oxygens (including phenoxy) is 1. The maximum atomic E-state index is 13.1. The number of hydrogen-bond donors (Lipinski definition) is 0. The Morgan fingerprint density at radius 2 is 1.90 bits per heavy atom. The quantitative estimate of drug-likeness (QED) is 0.709. The lowest BCUT2D eigenvalue weighted by atomic mass is 9.91. The van der Waals surface area contributed by atoms with Gasteiger partial charge in [-0.3, -0.25) is 9.69 Å². The van der Waals surface area contributed by atoms with Crippen molar-refractivity contribution < 1.29 is 14.3 Å². The Bertz CT molecular complexity index is 997. The van der Waals surface area contributed by atoms with Crippen LogP contribution in [-0.2, 0) is 14.3 Å². The van der Waals surface area contributed by atoms with Crippen LogP contribution >= 0.6 is 11.8 Å². The lowest BCUT2D eigenvalue weighted by Gasteiger charge is -2.39. The van der Waals surface area contributed by atoms with E-state index in [-0.39, 0.29) is 12.5 Å². The van der Waals surface area contributed by atoms with Gasteiger partial charge in [0.1, 0.15) is 0 Å². The summed E-state index contributed by atoms with van der Waals surface area (Å²) in [5.74, 6) is 0.219. The number of hydrogen-bond acceptors (Lipinski definition) is 5. The molecule has 0 unspecified atom stereocenters. The van der Waals surface area contributed by atoms with Gasteiger partial charge in [-0.05, 0) is 19.4 Å². The molecule has 2 heterocycles. The van der Waals surface area contributed by atoms with Crippen LogP contribution in [0.2, 0.25) is 0 Å². The lowest BCUT2D eigenvalue weighted by molar-refractivity contribution is -0.139. The van der Waals surface area contributed by atoms with Gasteiger partial charge in [0.25, 0.3) is 0 Å². The van der Waals surface area contributed by atoms with Crippen molar-refractivity contribution in [1.82, 2.24) is 4.90 Å².